The Labute approximate surface area is 79.2 Å². The molecule has 1 aromatic rings. The molecule has 1 atom stereocenters. The monoisotopic (exact) mass is 202 g/mol. The first-order valence-electron chi connectivity index (χ1n) is 4.36. The van der Waals surface area contributed by atoms with Crippen LogP contribution in [-0.4, -0.2) is 5.11 Å². The number of fused-ring (bicyclic) bond motifs is 1. The van der Waals surface area contributed by atoms with Crippen molar-refractivity contribution in [3.63, 3.8) is 0 Å². The summed E-state index contributed by atoms with van der Waals surface area (Å²) < 4.78 is 36.9. The van der Waals surface area contributed by atoms with E-state index in [1.165, 1.54) is 6.07 Å². The Balaban J connectivity index is 2.45. The summed E-state index contributed by atoms with van der Waals surface area (Å²) in [6, 6.07) is 3.57. The third kappa shape index (κ3) is 1.50. The molecular weight excluding hydrogens is 193 g/mol. The summed E-state index contributed by atoms with van der Waals surface area (Å²) in [6.45, 7) is 0. The zero-order chi connectivity index (χ0) is 10.3. The highest BCUT2D eigenvalue weighted by molar-refractivity contribution is 5.38. The van der Waals surface area contributed by atoms with Gasteiger partial charge in [-0.2, -0.15) is 13.2 Å². The lowest BCUT2D eigenvalue weighted by Gasteiger charge is -2.09. The second-order valence-corrected chi connectivity index (χ2v) is 3.47. The minimum atomic E-state index is -4.32. The van der Waals surface area contributed by atoms with Crippen molar-refractivity contribution in [3.8, 4) is 0 Å². The van der Waals surface area contributed by atoms with E-state index in [0.29, 0.717) is 18.4 Å². The highest BCUT2D eigenvalue weighted by Crippen LogP contribution is 2.36. The molecule has 76 valence electrons. The first-order valence-corrected chi connectivity index (χ1v) is 4.36. The van der Waals surface area contributed by atoms with E-state index in [4.69, 9.17) is 0 Å². The summed E-state index contributed by atoms with van der Waals surface area (Å²) in [5, 5.41) is 9.40. The minimum Gasteiger partial charge on any atom is -0.388 e. The molecule has 0 saturated heterocycles. The second kappa shape index (κ2) is 2.98. The van der Waals surface area contributed by atoms with E-state index in [1.54, 1.807) is 0 Å². The van der Waals surface area contributed by atoms with Crippen LogP contribution in [0.25, 0.3) is 0 Å². The van der Waals surface area contributed by atoms with Crippen LogP contribution in [0.15, 0.2) is 18.2 Å². The average Bonchev–Trinajstić information content (AvgIpc) is 2.46. The highest BCUT2D eigenvalue weighted by atomic mass is 19.4. The molecule has 0 unspecified atom stereocenters. The van der Waals surface area contributed by atoms with Gasteiger partial charge in [0.25, 0.3) is 0 Å². The maximum Gasteiger partial charge on any atom is 0.416 e. The lowest BCUT2D eigenvalue weighted by molar-refractivity contribution is -0.137. The lowest BCUT2D eigenvalue weighted by atomic mass is 10.1. The Morgan fingerprint density at radius 2 is 2.00 bits per heavy atom. The molecule has 1 aromatic carbocycles. The van der Waals surface area contributed by atoms with Gasteiger partial charge in [0.15, 0.2) is 0 Å². The van der Waals surface area contributed by atoms with Crippen LogP contribution in [0.5, 0.6) is 0 Å². The SMILES string of the molecule is O[C@H]1CCc2ccc(C(F)(F)F)cc21. The van der Waals surface area contributed by atoms with E-state index in [-0.39, 0.29) is 0 Å². The normalized spacial score (nSPS) is 21.0. The molecule has 0 aliphatic heterocycles. The molecule has 0 fully saturated rings. The van der Waals surface area contributed by atoms with Gasteiger partial charge < -0.3 is 5.11 Å². The first-order chi connectivity index (χ1) is 6.48. The first kappa shape index (κ1) is 9.52. The Bertz CT molecular complexity index is 357. The van der Waals surface area contributed by atoms with Gasteiger partial charge in [-0.15, -0.1) is 0 Å². The molecule has 0 amide bonds. The maximum atomic E-state index is 12.3. The topological polar surface area (TPSA) is 20.2 Å². The largest absolute Gasteiger partial charge is 0.416 e. The molecule has 1 aliphatic rings. The van der Waals surface area contributed by atoms with Crippen molar-refractivity contribution in [2.24, 2.45) is 0 Å². The van der Waals surface area contributed by atoms with E-state index in [0.717, 1.165) is 17.7 Å². The Morgan fingerprint density at radius 3 is 2.64 bits per heavy atom. The van der Waals surface area contributed by atoms with Crippen LogP contribution >= 0.6 is 0 Å². The van der Waals surface area contributed by atoms with Gasteiger partial charge in [-0.1, -0.05) is 6.07 Å². The van der Waals surface area contributed by atoms with Gasteiger partial charge in [-0.05, 0) is 36.1 Å². The van der Waals surface area contributed by atoms with Gasteiger partial charge in [-0.25, -0.2) is 0 Å². The summed E-state index contributed by atoms with van der Waals surface area (Å²) in [6.07, 6.45) is -3.87. The second-order valence-electron chi connectivity index (χ2n) is 3.47. The number of benzene rings is 1. The number of hydrogen-bond acceptors (Lipinski definition) is 1. The molecular formula is C10H9F3O. The average molecular weight is 202 g/mol. The van der Waals surface area contributed by atoms with Crippen molar-refractivity contribution >= 4 is 0 Å². The molecule has 1 aliphatic carbocycles. The van der Waals surface area contributed by atoms with E-state index < -0.39 is 17.8 Å². The van der Waals surface area contributed by atoms with Crippen LogP contribution in [0.3, 0.4) is 0 Å². The summed E-state index contributed by atoms with van der Waals surface area (Å²) in [4.78, 5) is 0. The van der Waals surface area contributed by atoms with Gasteiger partial charge >= 0.3 is 6.18 Å². The zero-order valence-electron chi connectivity index (χ0n) is 7.30. The fourth-order valence-electron chi connectivity index (χ4n) is 1.76. The highest BCUT2D eigenvalue weighted by Gasteiger charge is 2.32. The van der Waals surface area contributed by atoms with Crippen LogP contribution in [0.4, 0.5) is 13.2 Å². The molecule has 0 aromatic heterocycles. The zero-order valence-corrected chi connectivity index (χ0v) is 7.30. The maximum absolute atomic E-state index is 12.3. The summed E-state index contributed by atoms with van der Waals surface area (Å²) in [5.41, 5.74) is 0.572. The van der Waals surface area contributed by atoms with Crippen molar-refractivity contribution in [3.05, 3.63) is 34.9 Å². The van der Waals surface area contributed by atoms with Gasteiger partial charge in [0.05, 0.1) is 11.7 Å². The smallest absolute Gasteiger partial charge is 0.388 e. The molecule has 0 bridgehead atoms. The molecule has 0 heterocycles. The molecule has 2 rings (SSSR count). The summed E-state index contributed by atoms with van der Waals surface area (Å²) in [7, 11) is 0. The molecule has 0 radical (unpaired) electrons. The predicted octanol–water partition coefficient (Wildman–Crippen LogP) is 2.69. The summed E-state index contributed by atoms with van der Waals surface area (Å²) in [5.74, 6) is 0. The molecule has 1 N–H and O–H groups in total. The van der Waals surface area contributed by atoms with Gasteiger partial charge in [0, 0.05) is 0 Å². The predicted molar refractivity (Wildman–Crippen MR) is 44.7 cm³/mol. The van der Waals surface area contributed by atoms with Crippen LogP contribution in [0, 0.1) is 0 Å². The van der Waals surface area contributed by atoms with Crippen molar-refractivity contribution in [2.45, 2.75) is 25.1 Å². The minimum absolute atomic E-state index is 0.430. The van der Waals surface area contributed by atoms with Crippen LogP contribution in [0.2, 0.25) is 0 Å². The fraction of sp³-hybridized carbons (Fsp3) is 0.400. The van der Waals surface area contributed by atoms with Crippen LogP contribution < -0.4 is 0 Å². The van der Waals surface area contributed by atoms with Crippen LogP contribution in [-0.2, 0) is 12.6 Å². The molecule has 0 saturated carbocycles. The number of alkyl halides is 3. The van der Waals surface area contributed by atoms with Gasteiger partial charge in [0.1, 0.15) is 0 Å². The van der Waals surface area contributed by atoms with Gasteiger partial charge in [0.2, 0.25) is 0 Å². The van der Waals surface area contributed by atoms with Crippen LogP contribution in [0.1, 0.15) is 29.2 Å². The standard InChI is InChI=1S/C10H9F3O/c11-10(12,13)7-3-1-6-2-4-9(14)8(6)5-7/h1,3,5,9,14H,2,4H2/t9-/m0/s1. The number of aryl methyl sites for hydroxylation is 1. The fourth-order valence-corrected chi connectivity index (χ4v) is 1.76. The Morgan fingerprint density at radius 1 is 1.29 bits per heavy atom. The van der Waals surface area contributed by atoms with E-state index in [2.05, 4.69) is 0 Å². The number of aliphatic hydroxyl groups excluding tert-OH is 1. The van der Waals surface area contributed by atoms with E-state index in [9.17, 15) is 18.3 Å². The molecule has 1 nitrogen and oxygen atoms in total. The molecule has 14 heavy (non-hydrogen) atoms. The number of hydrogen-bond donors (Lipinski definition) is 1. The summed E-state index contributed by atoms with van der Waals surface area (Å²) >= 11 is 0. The lowest BCUT2D eigenvalue weighted by Crippen LogP contribution is -2.06. The third-order valence-electron chi connectivity index (χ3n) is 2.52. The molecule has 0 spiro atoms. The Kier molecular flexibility index (Phi) is 2.03. The van der Waals surface area contributed by atoms with Crippen molar-refractivity contribution < 1.29 is 18.3 Å². The molecule has 4 heteroatoms. The third-order valence-corrected chi connectivity index (χ3v) is 2.52. The quantitative estimate of drug-likeness (QED) is 0.685. The van der Waals surface area contributed by atoms with Crippen molar-refractivity contribution in [1.82, 2.24) is 0 Å². The Hall–Kier alpha value is -1.03. The van der Waals surface area contributed by atoms with Gasteiger partial charge in [-0.3, -0.25) is 0 Å². The number of halogens is 3. The van der Waals surface area contributed by atoms with Crippen molar-refractivity contribution in [1.29, 1.82) is 0 Å². The number of aliphatic hydroxyl groups is 1. The number of rotatable bonds is 0. The van der Waals surface area contributed by atoms with Crippen molar-refractivity contribution in [2.75, 3.05) is 0 Å². The van der Waals surface area contributed by atoms with E-state index >= 15 is 0 Å². The van der Waals surface area contributed by atoms with E-state index in [1.807, 2.05) is 0 Å².